The molecule has 1 aliphatic carbocycles. The lowest BCUT2D eigenvalue weighted by atomic mass is 9.79. The van der Waals surface area contributed by atoms with Gasteiger partial charge in [0.25, 0.3) is 0 Å². The molecule has 3 rings (SSSR count). The Bertz CT molecular complexity index is 952. The zero-order valence-corrected chi connectivity index (χ0v) is 19.2. The smallest absolute Gasteiger partial charge is 0.359 e. The number of methoxy groups -OCH3 is 2. The monoisotopic (exact) mass is 459 g/mol. The molecule has 0 unspecified atom stereocenters. The van der Waals surface area contributed by atoms with Crippen molar-refractivity contribution in [3.8, 4) is 17.5 Å². The lowest BCUT2D eigenvalue weighted by molar-refractivity contribution is -0.148. The molecule has 0 saturated heterocycles. The first-order valence-corrected chi connectivity index (χ1v) is 10.8. The van der Waals surface area contributed by atoms with Crippen LogP contribution in [-0.2, 0) is 14.4 Å². The van der Waals surface area contributed by atoms with Crippen LogP contribution in [0.2, 0.25) is 0 Å². The van der Waals surface area contributed by atoms with Gasteiger partial charge in [-0.25, -0.2) is 14.8 Å². The summed E-state index contributed by atoms with van der Waals surface area (Å²) in [7, 11) is 3.03. The van der Waals surface area contributed by atoms with E-state index in [1.807, 2.05) is 25.1 Å². The Labute approximate surface area is 192 Å². The van der Waals surface area contributed by atoms with E-state index < -0.39 is 5.97 Å². The van der Waals surface area contributed by atoms with Crippen molar-refractivity contribution in [2.24, 2.45) is 0 Å². The molecule has 33 heavy (non-hydrogen) atoms. The lowest BCUT2D eigenvalue weighted by Gasteiger charge is -2.36. The van der Waals surface area contributed by atoms with Gasteiger partial charge in [-0.1, -0.05) is 6.07 Å². The summed E-state index contributed by atoms with van der Waals surface area (Å²) >= 11 is 0. The van der Waals surface area contributed by atoms with E-state index >= 15 is 0 Å². The molecule has 3 atom stereocenters. The normalized spacial score (nSPS) is 19.9. The highest BCUT2D eigenvalue weighted by molar-refractivity contribution is 5.88. The number of nitrogens with one attached hydrogen (secondary N) is 1. The third-order valence-corrected chi connectivity index (χ3v) is 5.40. The Morgan fingerprint density at radius 2 is 1.85 bits per heavy atom. The molecule has 0 spiro atoms. The Morgan fingerprint density at radius 1 is 1.09 bits per heavy atom. The van der Waals surface area contributed by atoms with Crippen molar-refractivity contribution in [2.75, 3.05) is 20.8 Å². The fraction of sp³-hybridized carbons (Fsp3) is 0.478. The minimum Gasteiger partial charge on any atom is -0.493 e. The zero-order chi connectivity index (χ0) is 23.8. The van der Waals surface area contributed by atoms with Crippen LogP contribution in [0.1, 0.15) is 54.9 Å². The molecule has 0 amide bonds. The molecule has 1 aromatic heterocycles. The summed E-state index contributed by atoms with van der Waals surface area (Å²) in [6.45, 7) is 3.79. The predicted molar refractivity (Wildman–Crippen MR) is 117 cm³/mol. The molecule has 1 aromatic carbocycles. The third kappa shape index (κ3) is 6.32. The van der Waals surface area contributed by atoms with Gasteiger partial charge in [-0.3, -0.25) is 4.79 Å². The number of rotatable bonds is 9. The van der Waals surface area contributed by atoms with E-state index in [0.29, 0.717) is 37.4 Å². The van der Waals surface area contributed by atoms with E-state index in [-0.39, 0.29) is 35.6 Å². The lowest BCUT2D eigenvalue weighted by Crippen LogP contribution is -2.42. The SMILES string of the molecule is CCOc1cc([C@H]2C[C@H](OC(C)=O)CC[C@H]2NOC(=O)c2cnc(OC)nc2)ccc1OC. The summed E-state index contributed by atoms with van der Waals surface area (Å²) in [6.07, 6.45) is 4.29. The van der Waals surface area contributed by atoms with Gasteiger partial charge in [0.2, 0.25) is 0 Å². The summed E-state index contributed by atoms with van der Waals surface area (Å²) in [4.78, 5) is 37.2. The molecule has 1 saturated carbocycles. The first-order valence-electron chi connectivity index (χ1n) is 10.8. The van der Waals surface area contributed by atoms with E-state index in [0.717, 1.165) is 5.56 Å². The minimum absolute atomic E-state index is 0.104. The van der Waals surface area contributed by atoms with Gasteiger partial charge in [0.05, 0.1) is 32.4 Å². The van der Waals surface area contributed by atoms with Gasteiger partial charge in [0.15, 0.2) is 11.5 Å². The van der Waals surface area contributed by atoms with Crippen LogP contribution >= 0.6 is 0 Å². The van der Waals surface area contributed by atoms with Gasteiger partial charge in [-0.05, 0) is 43.9 Å². The molecule has 2 aromatic rings. The van der Waals surface area contributed by atoms with Crippen molar-refractivity contribution in [1.29, 1.82) is 0 Å². The van der Waals surface area contributed by atoms with Crippen LogP contribution in [0.15, 0.2) is 30.6 Å². The maximum Gasteiger partial charge on any atom is 0.359 e. The summed E-state index contributed by atoms with van der Waals surface area (Å²) in [5, 5.41) is 0. The third-order valence-electron chi connectivity index (χ3n) is 5.40. The summed E-state index contributed by atoms with van der Waals surface area (Å²) in [5.41, 5.74) is 4.05. The first-order chi connectivity index (χ1) is 15.9. The van der Waals surface area contributed by atoms with Gasteiger partial charge in [0.1, 0.15) is 6.10 Å². The number of carbonyl (C=O) groups excluding carboxylic acids is 2. The van der Waals surface area contributed by atoms with Crippen LogP contribution in [-0.4, -0.2) is 54.9 Å². The van der Waals surface area contributed by atoms with Crippen molar-refractivity contribution >= 4 is 11.9 Å². The minimum atomic E-state index is -0.608. The molecular formula is C23H29N3O7. The number of carbonyl (C=O) groups is 2. The highest BCUT2D eigenvalue weighted by atomic mass is 16.7. The van der Waals surface area contributed by atoms with Crippen molar-refractivity contribution in [2.45, 2.75) is 51.2 Å². The van der Waals surface area contributed by atoms with E-state index in [2.05, 4.69) is 15.4 Å². The van der Waals surface area contributed by atoms with Crippen LogP contribution in [0, 0.1) is 0 Å². The molecule has 1 fully saturated rings. The maximum atomic E-state index is 12.5. The van der Waals surface area contributed by atoms with Gasteiger partial charge in [-0.15, -0.1) is 5.48 Å². The second-order valence-corrected chi connectivity index (χ2v) is 7.57. The molecule has 0 bridgehead atoms. The molecule has 10 heteroatoms. The fourth-order valence-electron chi connectivity index (χ4n) is 3.89. The van der Waals surface area contributed by atoms with Crippen LogP contribution in [0.25, 0.3) is 0 Å². The summed E-state index contributed by atoms with van der Waals surface area (Å²) in [5.74, 6) is 0.221. The molecule has 10 nitrogen and oxygen atoms in total. The number of hydrogen-bond donors (Lipinski definition) is 1. The molecule has 1 heterocycles. The fourth-order valence-corrected chi connectivity index (χ4v) is 3.89. The van der Waals surface area contributed by atoms with E-state index in [9.17, 15) is 9.59 Å². The van der Waals surface area contributed by atoms with Crippen molar-refractivity contribution in [3.05, 3.63) is 41.7 Å². The van der Waals surface area contributed by atoms with E-state index in [4.69, 9.17) is 23.8 Å². The molecule has 0 radical (unpaired) electrons. The molecule has 178 valence electrons. The number of hydroxylamine groups is 1. The van der Waals surface area contributed by atoms with Crippen LogP contribution < -0.4 is 19.7 Å². The first kappa shape index (κ1) is 24.2. The molecule has 1 N–H and O–H groups in total. The number of ether oxygens (including phenoxy) is 4. The van der Waals surface area contributed by atoms with Gasteiger partial charge >= 0.3 is 17.9 Å². The zero-order valence-electron chi connectivity index (χ0n) is 19.2. The summed E-state index contributed by atoms with van der Waals surface area (Å²) < 4.78 is 21.5. The second-order valence-electron chi connectivity index (χ2n) is 7.57. The highest BCUT2D eigenvalue weighted by Crippen LogP contribution is 2.38. The number of aromatic nitrogens is 2. The Hall–Kier alpha value is -3.40. The highest BCUT2D eigenvalue weighted by Gasteiger charge is 2.34. The Kier molecular flexibility index (Phi) is 8.42. The molecular weight excluding hydrogens is 430 g/mol. The molecule has 1 aliphatic rings. The van der Waals surface area contributed by atoms with Gasteiger partial charge in [-0.2, -0.15) is 0 Å². The average molecular weight is 459 g/mol. The largest absolute Gasteiger partial charge is 0.493 e. The maximum absolute atomic E-state index is 12.5. The number of hydrogen-bond acceptors (Lipinski definition) is 10. The number of nitrogens with zero attached hydrogens (tertiary/aromatic N) is 2. The molecule has 0 aliphatic heterocycles. The van der Waals surface area contributed by atoms with E-state index in [1.54, 1.807) is 7.11 Å². The van der Waals surface area contributed by atoms with Crippen LogP contribution in [0.5, 0.6) is 17.5 Å². The number of esters is 1. The van der Waals surface area contributed by atoms with Gasteiger partial charge < -0.3 is 23.8 Å². The van der Waals surface area contributed by atoms with E-state index in [1.165, 1.54) is 26.4 Å². The van der Waals surface area contributed by atoms with Crippen molar-refractivity contribution < 1.29 is 33.4 Å². The predicted octanol–water partition coefficient (Wildman–Crippen LogP) is 2.82. The standard InChI is InChI=1S/C23H29N3O7/c1-5-31-21-10-15(6-9-20(21)29-3)18-11-17(32-14(2)27)7-8-19(18)26-33-22(28)16-12-24-23(30-4)25-13-16/h6,9-10,12-13,17-19,26H,5,7-8,11H2,1-4H3/t17-,18-,19-/m1/s1. The average Bonchev–Trinajstić information content (AvgIpc) is 2.83. The van der Waals surface area contributed by atoms with Crippen LogP contribution in [0.3, 0.4) is 0 Å². The van der Waals surface area contributed by atoms with Crippen molar-refractivity contribution in [1.82, 2.24) is 15.4 Å². The second kappa shape index (κ2) is 11.5. The Morgan fingerprint density at radius 3 is 2.48 bits per heavy atom. The van der Waals surface area contributed by atoms with Crippen molar-refractivity contribution in [3.63, 3.8) is 0 Å². The summed E-state index contributed by atoms with van der Waals surface area (Å²) in [6, 6.07) is 5.65. The van der Waals surface area contributed by atoms with Crippen LogP contribution in [0.4, 0.5) is 0 Å². The Balaban J connectivity index is 1.77. The van der Waals surface area contributed by atoms with Gasteiger partial charge in [0, 0.05) is 25.2 Å². The topological polar surface area (TPSA) is 118 Å². The quantitative estimate of drug-likeness (QED) is 0.443. The number of benzene rings is 1.